The second-order valence-corrected chi connectivity index (χ2v) is 6.11. The summed E-state index contributed by atoms with van der Waals surface area (Å²) in [5, 5.41) is 3.08. The number of rotatable bonds is 4. The van der Waals surface area contributed by atoms with Crippen molar-refractivity contribution in [1.29, 1.82) is 0 Å². The Hall–Kier alpha value is -1.59. The van der Waals surface area contributed by atoms with Gasteiger partial charge in [-0.1, -0.05) is 30.9 Å². The van der Waals surface area contributed by atoms with Gasteiger partial charge in [0.15, 0.2) is 0 Å². The number of hydrogen-bond donors (Lipinski definition) is 3. The zero-order valence-corrected chi connectivity index (χ0v) is 12.6. The Morgan fingerprint density at radius 3 is 2.52 bits per heavy atom. The molecule has 0 aromatic heterocycles. The molecule has 0 spiro atoms. The van der Waals surface area contributed by atoms with Crippen LogP contribution in [0.4, 0.5) is 5.69 Å². The molecule has 114 valence electrons. The van der Waals surface area contributed by atoms with Crippen molar-refractivity contribution in [1.82, 2.24) is 0 Å². The Morgan fingerprint density at radius 1 is 1.24 bits per heavy atom. The lowest BCUT2D eigenvalue weighted by Crippen LogP contribution is -2.44. The maximum Gasteiger partial charge on any atom is 0.248 e. The molecule has 1 aliphatic carbocycles. The largest absolute Gasteiger partial charge is 0.366 e. The molecule has 21 heavy (non-hydrogen) atoms. The van der Waals surface area contributed by atoms with Gasteiger partial charge in [-0.15, -0.1) is 0 Å². The predicted octanol–water partition coefficient (Wildman–Crippen LogP) is 2.43. The fourth-order valence-electron chi connectivity index (χ4n) is 2.72. The highest BCUT2D eigenvalue weighted by atomic mass is 35.5. The van der Waals surface area contributed by atoms with Crippen molar-refractivity contribution in [3.8, 4) is 0 Å². The average molecular weight is 310 g/mol. The molecule has 1 aromatic carbocycles. The van der Waals surface area contributed by atoms with Crippen molar-refractivity contribution in [3.63, 3.8) is 0 Å². The van der Waals surface area contributed by atoms with E-state index in [1.807, 2.05) is 0 Å². The lowest BCUT2D eigenvalue weighted by molar-refractivity contribution is -0.117. The van der Waals surface area contributed by atoms with Crippen molar-refractivity contribution < 1.29 is 9.59 Å². The topological polar surface area (TPSA) is 98.2 Å². The Kier molecular flexibility index (Phi) is 4.85. The second kappa shape index (κ2) is 6.45. The van der Waals surface area contributed by atoms with Crippen molar-refractivity contribution >= 4 is 29.1 Å². The van der Waals surface area contributed by atoms with Crippen LogP contribution >= 0.6 is 11.6 Å². The summed E-state index contributed by atoms with van der Waals surface area (Å²) in [6.07, 6.45) is 5.26. The smallest absolute Gasteiger partial charge is 0.248 e. The summed E-state index contributed by atoms with van der Waals surface area (Å²) in [4.78, 5) is 23.3. The van der Waals surface area contributed by atoms with E-state index in [0.29, 0.717) is 16.3 Å². The molecule has 1 saturated carbocycles. The summed E-state index contributed by atoms with van der Waals surface area (Å²) in [6, 6.07) is 4.54. The summed E-state index contributed by atoms with van der Waals surface area (Å²) in [7, 11) is 0. The maximum absolute atomic E-state index is 12.2. The number of halogens is 1. The number of benzene rings is 1. The normalized spacial score (nSPS) is 17.2. The van der Waals surface area contributed by atoms with E-state index in [1.165, 1.54) is 24.6 Å². The van der Waals surface area contributed by atoms with Crippen LogP contribution < -0.4 is 16.8 Å². The van der Waals surface area contributed by atoms with Gasteiger partial charge in [0.25, 0.3) is 0 Å². The minimum absolute atomic E-state index is 0.192. The standard InChI is InChI=1S/C15H20ClN3O2/c16-11-5-4-10(14(17)21)8-12(11)19-13(20)9-15(18)6-2-1-3-7-15/h4-5,8H,1-3,6-7,9,18H2,(H2,17,21)(H,19,20). The van der Waals surface area contributed by atoms with E-state index >= 15 is 0 Å². The molecule has 0 unspecified atom stereocenters. The van der Waals surface area contributed by atoms with Gasteiger partial charge in [-0.05, 0) is 31.0 Å². The summed E-state index contributed by atoms with van der Waals surface area (Å²) >= 11 is 6.02. The van der Waals surface area contributed by atoms with Gasteiger partial charge in [-0.25, -0.2) is 0 Å². The number of primary amides is 1. The van der Waals surface area contributed by atoms with Crippen molar-refractivity contribution in [2.45, 2.75) is 44.1 Å². The highest BCUT2D eigenvalue weighted by Crippen LogP contribution is 2.30. The number of carbonyl (C=O) groups is 2. The van der Waals surface area contributed by atoms with E-state index in [2.05, 4.69) is 5.32 Å². The first-order chi connectivity index (χ1) is 9.89. The van der Waals surface area contributed by atoms with Crippen LogP contribution in [0, 0.1) is 0 Å². The van der Waals surface area contributed by atoms with Crippen molar-refractivity contribution in [2.75, 3.05) is 5.32 Å². The van der Waals surface area contributed by atoms with Crippen LogP contribution in [0.3, 0.4) is 0 Å². The molecule has 1 fully saturated rings. The predicted molar refractivity (Wildman–Crippen MR) is 83.2 cm³/mol. The molecule has 1 aromatic rings. The van der Waals surface area contributed by atoms with E-state index in [-0.39, 0.29) is 12.3 Å². The number of amides is 2. The van der Waals surface area contributed by atoms with E-state index < -0.39 is 11.4 Å². The Balaban J connectivity index is 2.05. The van der Waals surface area contributed by atoms with Gasteiger partial charge in [0.05, 0.1) is 10.7 Å². The number of nitrogens with one attached hydrogen (secondary N) is 1. The number of anilines is 1. The summed E-state index contributed by atoms with van der Waals surface area (Å²) in [6.45, 7) is 0. The van der Waals surface area contributed by atoms with Crippen LogP contribution in [-0.2, 0) is 4.79 Å². The van der Waals surface area contributed by atoms with Gasteiger partial charge in [-0.3, -0.25) is 9.59 Å². The molecule has 0 atom stereocenters. The molecule has 2 amide bonds. The molecular formula is C15H20ClN3O2. The highest BCUT2D eigenvalue weighted by molar-refractivity contribution is 6.33. The quantitative estimate of drug-likeness (QED) is 0.796. The van der Waals surface area contributed by atoms with E-state index in [0.717, 1.165) is 25.7 Å². The second-order valence-electron chi connectivity index (χ2n) is 5.71. The van der Waals surface area contributed by atoms with E-state index in [9.17, 15) is 9.59 Å². The van der Waals surface area contributed by atoms with Gasteiger partial charge in [0.1, 0.15) is 0 Å². The number of nitrogens with two attached hydrogens (primary N) is 2. The fraction of sp³-hybridized carbons (Fsp3) is 0.467. The van der Waals surface area contributed by atoms with Gasteiger partial charge in [0.2, 0.25) is 11.8 Å². The van der Waals surface area contributed by atoms with Crippen molar-refractivity contribution in [2.24, 2.45) is 11.5 Å². The van der Waals surface area contributed by atoms with Gasteiger partial charge in [0, 0.05) is 17.5 Å². The van der Waals surface area contributed by atoms with Crippen LogP contribution in [0.1, 0.15) is 48.9 Å². The SMILES string of the molecule is NC(=O)c1ccc(Cl)c(NC(=O)CC2(N)CCCCC2)c1. The number of hydrogen-bond acceptors (Lipinski definition) is 3. The molecule has 0 bridgehead atoms. The lowest BCUT2D eigenvalue weighted by Gasteiger charge is -2.32. The molecule has 5 N–H and O–H groups in total. The zero-order valence-electron chi connectivity index (χ0n) is 11.8. The van der Waals surface area contributed by atoms with Crippen LogP contribution in [0.5, 0.6) is 0 Å². The average Bonchev–Trinajstić information content (AvgIpc) is 2.41. The monoisotopic (exact) mass is 309 g/mol. The molecule has 0 aliphatic heterocycles. The third-order valence-corrected chi connectivity index (χ3v) is 4.22. The number of carbonyl (C=O) groups excluding carboxylic acids is 2. The maximum atomic E-state index is 12.2. The fourth-order valence-corrected chi connectivity index (χ4v) is 2.89. The van der Waals surface area contributed by atoms with Gasteiger partial charge >= 0.3 is 0 Å². The third-order valence-electron chi connectivity index (χ3n) is 3.89. The van der Waals surface area contributed by atoms with Gasteiger partial charge in [-0.2, -0.15) is 0 Å². The minimum atomic E-state index is -0.565. The molecule has 2 rings (SSSR count). The Labute approximate surface area is 129 Å². The van der Waals surface area contributed by atoms with Crippen LogP contribution in [0.15, 0.2) is 18.2 Å². The molecular weight excluding hydrogens is 290 g/mol. The third kappa shape index (κ3) is 4.19. The zero-order chi connectivity index (χ0) is 15.5. The molecule has 6 heteroatoms. The first-order valence-corrected chi connectivity index (χ1v) is 7.45. The van der Waals surface area contributed by atoms with Crippen LogP contribution in [0.25, 0.3) is 0 Å². The summed E-state index contributed by atoms with van der Waals surface area (Å²) in [5.41, 5.74) is 11.7. The first-order valence-electron chi connectivity index (χ1n) is 7.08. The Bertz CT molecular complexity index is 554. The molecule has 0 heterocycles. The summed E-state index contributed by atoms with van der Waals surface area (Å²) < 4.78 is 0. The van der Waals surface area contributed by atoms with Crippen molar-refractivity contribution in [3.05, 3.63) is 28.8 Å². The molecule has 5 nitrogen and oxygen atoms in total. The lowest BCUT2D eigenvalue weighted by atomic mass is 9.80. The van der Waals surface area contributed by atoms with Gasteiger partial charge < -0.3 is 16.8 Å². The molecule has 0 saturated heterocycles. The van der Waals surface area contributed by atoms with Crippen LogP contribution in [-0.4, -0.2) is 17.4 Å². The highest BCUT2D eigenvalue weighted by Gasteiger charge is 2.30. The molecule has 0 radical (unpaired) electrons. The Morgan fingerprint density at radius 2 is 1.90 bits per heavy atom. The van der Waals surface area contributed by atoms with E-state index in [1.54, 1.807) is 0 Å². The van der Waals surface area contributed by atoms with E-state index in [4.69, 9.17) is 23.1 Å². The van der Waals surface area contributed by atoms with Crippen LogP contribution in [0.2, 0.25) is 5.02 Å². The summed E-state index contributed by atoms with van der Waals surface area (Å²) in [5.74, 6) is -0.757. The minimum Gasteiger partial charge on any atom is -0.366 e. The molecule has 1 aliphatic rings. The first kappa shape index (κ1) is 15.8.